The van der Waals surface area contributed by atoms with Crippen LogP contribution in [0.1, 0.15) is 50.5 Å². The Labute approximate surface area is 128 Å². The summed E-state index contributed by atoms with van der Waals surface area (Å²) in [6, 6.07) is 8.01. The molecule has 0 saturated carbocycles. The van der Waals surface area contributed by atoms with Gasteiger partial charge in [0.1, 0.15) is 0 Å². The molecule has 0 fully saturated rings. The molecule has 0 aliphatic heterocycles. The van der Waals surface area contributed by atoms with Crippen LogP contribution in [0.4, 0.5) is 5.69 Å². The minimum absolute atomic E-state index is 0.169. The number of anilines is 1. The highest BCUT2D eigenvalue weighted by Gasteiger charge is 2.09. The summed E-state index contributed by atoms with van der Waals surface area (Å²) in [5.74, 6) is 0.437. The first-order valence-corrected chi connectivity index (χ1v) is 7.70. The second-order valence-electron chi connectivity index (χ2n) is 5.62. The molecule has 0 radical (unpaired) electrons. The molecule has 1 amide bonds. The van der Waals surface area contributed by atoms with Gasteiger partial charge in [-0.05, 0) is 31.9 Å². The van der Waals surface area contributed by atoms with E-state index in [0.717, 1.165) is 37.8 Å². The van der Waals surface area contributed by atoms with E-state index < -0.39 is 0 Å². The lowest BCUT2D eigenvalue weighted by molar-refractivity contribution is -0.118. The molecule has 116 valence electrons. The van der Waals surface area contributed by atoms with Gasteiger partial charge in [-0.2, -0.15) is 0 Å². The lowest BCUT2D eigenvalue weighted by atomic mass is 10.1. The molecule has 0 unspecified atom stereocenters. The van der Waals surface area contributed by atoms with E-state index in [-0.39, 0.29) is 11.7 Å². The van der Waals surface area contributed by atoms with Gasteiger partial charge in [-0.25, -0.2) is 0 Å². The van der Waals surface area contributed by atoms with Crippen LogP contribution >= 0.6 is 0 Å². The Morgan fingerprint density at radius 2 is 1.57 bits per heavy atom. The number of carbonyl (C=O) groups excluding carboxylic acids is 1. The summed E-state index contributed by atoms with van der Waals surface area (Å²) < 4.78 is 0. The van der Waals surface area contributed by atoms with Gasteiger partial charge in [0.25, 0.3) is 0 Å². The molecule has 1 aromatic carbocycles. The van der Waals surface area contributed by atoms with Crippen molar-refractivity contribution in [2.75, 3.05) is 11.9 Å². The fourth-order valence-electron chi connectivity index (χ4n) is 2.22. The highest BCUT2D eigenvalue weighted by molar-refractivity contribution is 5.92. The second kappa shape index (κ2) is 9.22. The van der Waals surface area contributed by atoms with Gasteiger partial charge < -0.3 is 10.0 Å². The number of unbranched alkanes of at least 4 members (excludes halogenated alkanes) is 4. The molecule has 1 aromatic rings. The predicted octanol–water partition coefficient (Wildman–Crippen LogP) is 4.76. The first-order valence-electron chi connectivity index (χ1n) is 7.70. The van der Waals surface area contributed by atoms with Crippen LogP contribution in [0.15, 0.2) is 36.6 Å². The molecule has 0 heterocycles. The fourth-order valence-corrected chi connectivity index (χ4v) is 2.22. The van der Waals surface area contributed by atoms with Gasteiger partial charge in [-0.1, -0.05) is 43.5 Å². The number of allylic oxidation sites excluding steroid dienone is 1. The molecule has 3 heteroatoms. The highest BCUT2D eigenvalue weighted by atomic mass is 16.3. The number of hydrogen-bond donors (Lipinski definition) is 1. The maximum atomic E-state index is 12.1. The van der Waals surface area contributed by atoms with Crippen LogP contribution in [0.2, 0.25) is 0 Å². The van der Waals surface area contributed by atoms with E-state index in [2.05, 4.69) is 6.58 Å². The Hall–Kier alpha value is -1.77. The van der Waals surface area contributed by atoms with Gasteiger partial charge in [0.2, 0.25) is 5.91 Å². The summed E-state index contributed by atoms with van der Waals surface area (Å²) in [6.07, 6.45) is 6.44. The fraction of sp³-hybridized carbons (Fsp3) is 0.500. The molecule has 0 spiro atoms. The van der Waals surface area contributed by atoms with E-state index in [1.54, 1.807) is 4.90 Å². The average Bonchev–Trinajstić information content (AvgIpc) is 2.45. The minimum Gasteiger partial charge on any atom is -0.513 e. The van der Waals surface area contributed by atoms with Crippen LogP contribution in [0, 0.1) is 6.92 Å². The summed E-state index contributed by atoms with van der Waals surface area (Å²) in [4.78, 5) is 13.8. The maximum Gasteiger partial charge on any atom is 0.226 e. The largest absolute Gasteiger partial charge is 0.513 e. The normalized spacial score (nSPS) is 10.4. The zero-order chi connectivity index (χ0) is 15.7. The lowest BCUT2D eigenvalue weighted by Crippen LogP contribution is -2.25. The molecule has 1 rings (SSSR count). The van der Waals surface area contributed by atoms with Crippen molar-refractivity contribution in [1.82, 2.24) is 0 Å². The van der Waals surface area contributed by atoms with Crippen molar-refractivity contribution < 1.29 is 9.90 Å². The SMILES string of the molecule is C=C(O)CCCCCCCC(=O)N(C)c1ccc(C)cc1. The van der Waals surface area contributed by atoms with Crippen molar-refractivity contribution >= 4 is 11.6 Å². The van der Waals surface area contributed by atoms with Crippen LogP contribution in [-0.2, 0) is 4.79 Å². The van der Waals surface area contributed by atoms with Crippen LogP contribution in [0.5, 0.6) is 0 Å². The van der Waals surface area contributed by atoms with Gasteiger partial charge >= 0.3 is 0 Å². The van der Waals surface area contributed by atoms with Crippen LogP contribution in [0.25, 0.3) is 0 Å². The van der Waals surface area contributed by atoms with Crippen molar-refractivity contribution in [3.05, 3.63) is 42.2 Å². The van der Waals surface area contributed by atoms with Crippen molar-refractivity contribution in [3.8, 4) is 0 Å². The minimum atomic E-state index is 0.169. The zero-order valence-corrected chi connectivity index (χ0v) is 13.3. The Balaban J connectivity index is 2.18. The third-order valence-electron chi connectivity index (χ3n) is 3.65. The molecule has 0 aliphatic carbocycles. The monoisotopic (exact) mass is 289 g/mol. The molecule has 0 saturated heterocycles. The number of aliphatic hydroxyl groups excluding tert-OH is 1. The zero-order valence-electron chi connectivity index (χ0n) is 13.3. The van der Waals surface area contributed by atoms with E-state index in [1.807, 2.05) is 38.2 Å². The van der Waals surface area contributed by atoms with Gasteiger partial charge in [-0.15, -0.1) is 0 Å². The first kappa shape index (κ1) is 17.3. The van der Waals surface area contributed by atoms with Crippen molar-refractivity contribution in [3.63, 3.8) is 0 Å². The topological polar surface area (TPSA) is 40.5 Å². The number of benzene rings is 1. The summed E-state index contributed by atoms with van der Waals surface area (Å²) in [5.41, 5.74) is 2.15. The van der Waals surface area contributed by atoms with Gasteiger partial charge in [0.05, 0.1) is 5.76 Å². The number of carbonyl (C=O) groups is 1. The van der Waals surface area contributed by atoms with E-state index in [1.165, 1.54) is 5.56 Å². The van der Waals surface area contributed by atoms with Crippen molar-refractivity contribution in [1.29, 1.82) is 0 Å². The Morgan fingerprint density at radius 1 is 1.05 bits per heavy atom. The molecular formula is C18H27NO2. The number of aryl methyl sites for hydroxylation is 1. The number of aliphatic hydroxyl groups is 1. The first-order chi connectivity index (χ1) is 10.0. The molecule has 0 aliphatic rings. The van der Waals surface area contributed by atoms with Crippen LogP contribution in [-0.4, -0.2) is 18.1 Å². The number of hydrogen-bond acceptors (Lipinski definition) is 2. The molecule has 3 nitrogen and oxygen atoms in total. The standard InChI is InChI=1S/C18H27NO2/c1-15-11-13-17(14-12-15)19(3)18(21)10-8-6-4-5-7-9-16(2)20/h11-14,20H,2,4-10H2,1,3H3. The van der Waals surface area contributed by atoms with E-state index in [4.69, 9.17) is 5.11 Å². The average molecular weight is 289 g/mol. The molecule has 0 bridgehead atoms. The molecular weight excluding hydrogens is 262 g/mol. The van der Waals surface area contributed by atoms with Crippen molar-refractivity contribution in [2.45, 2.75) is 51.9 Å². The summed E-state index contributed by atoms with van der Waals surface area (Å²) in [7, 11) is 1.83. The van der Waals surface area contributed by atoms with E-state index in [9.17, 15) is 4.79 Å². The highest BCUT2D eigenvalue weighted by Crippen LogP contribution is 2.16. The molecule has 0 atom stereocenters. The van der Waals surface area contributed by atoms with E-state index in [0.29, 0.717) is 12.8 Å². The summed E-state index contributed by atoms with van der Waals surface area (Å²) >= 11 is 0. The van der Waals surface area contributed by atoms with Crippen LogP contribution in [0.3, 0.4) is 0 Å². The van der Waals surface area contributed by atoms with Gasteiger partial charge in [0.15, 0.2) is 0 Å². The third kappa shape index (κ3) is 6.98. The third-order valence-corrected chi connectivity index (χ3v) is 3.65. The predicted molar refractivity (Wildman–Crippen MR) is 88.7 cm³/mol. The Kier molecular flexibility index (Phi) is 7.59. The molecule has 21 heavy (non-hydrogen) atoms. The maximum absolute atomic E-state index is 12.1. The van der Waals surface area contributed by atoms with Gasteiger partial charge in [-0.3, -0.25) is 4.79 Å². The second-order valence-corrected chi connectivity index (χ2v) is 5.62. The van der Waals surface area contributed by atoms with E-state index >= 15 is 0 Å². The lowest BCUT2D eigenvalue weighted by Gasteiger charge is -2.17. The number of nitrogens with zero attached hydrogens (tertiary/aromatic N) is 1. The molecule has 1 N–H and O–H groups in total. The number of amides is 1. The van der Waals surface area contributed by atoms with Crippen molar-refractivity contribution in [2.24, 2.45) is 0 Å². The quantitative estimate of drug-likeness (QED) is 0.526. The molecule has 0 aromatic heterocycles. The Morgan fingerprint density at radius 3 is 2.14 bits per heavy atom. The summed E-state index contributed by atoms with van der Waals surface area (Å²) in [5, 5.41) is 8.97. The smallest absolute Gasteiger partial charge is 0.226 e. The summed E-state index contributed by atoms with van der Waals surface area (Å²) in [6.45, 7) is 5.51. The number of rotatable bonds is 9. The Bertz CT molecular complexity index is 451. The van der Waals surface area contributed by atoms with Crippen LogP contribution < -0.4 is 4.90 Å². The van der Waals surface area contributed by atoms with Gasteiger partial charge in [0, 0.05) is 25.6 Å².